The molecular weight excluding hydrogens is 643 g/mol. The molecule has 0 amide bonds. The van der Waals surface area contributed by atoms with Gasteiger partial charge < -0.3 is 0 Å². The lowest BCUT2D eigenvalue weighted by atomic mass is 9.84. The van der Waals surface area contributed by atoms with Gasteiger partial charge in [0, 0.05) is 10.5 Å². The van der Waals surface area contributed by atoms with Crippen molar-refractivity contribution < 1.29 is 52.5 Å². The maximum atomic E-state index is 12.2. The largest absolute Gasteiger partial charge is 0.460 e. The summed E-state index contributed by atoms with van der Waals surface area (Å²) in [5.74, 6) is -14.7. The van der Waals surface area contributed by atoms with Crippen LogP contribution < -0.4 is 0 Å². The average molecular weight is 675 g/mol. The highest BCUT2D eigenvalue weighted by atomic mass is 32.2. The van der Waals surface area contributed by atoms with Crippen molar-refractivity contribution in [1.29, 1.82) is 0 Å². The third kappa shape index (κ3) is 7.56. The van der Waals surface area contributed by atoms with Crippen LogP contribution in [-0.4, -0.2) is 36.2 Å². The lowest BCUT2D eigenvalue weighted by molar-refractivity contribution is -0.382. The van der Waals surface area contributed by atoms with E-state index in [9.17, 15) is 47.9 Å². The van der Waals surface area contributed by atoms with Crippen LogP contribution in [0.4, 0.5) is 39.5 Å². The van der Waals surface area contributed by atoms with E-state index >= 15 is 0 Å². The molecule has 1 N–H and O–H groups in total. The number of hydrogen-bond donors (Lipinski definition) is 2. The summed E-state index contributed by atoms with van der Waals surface area (Å²) in [6.07, 6.45) is -7.13. The van der Waals surface area contributed by atoms with Gasteiger partial charge in [-0.3, -0.25) is 4.55 Å². The molecule has 0 saturated carbocycles. The Bertz CT molecular complexity index is 1550. The minimum absolute atomic E-state index is 0.157. The van der Waals surface area contributed by atoms with Gasteiger partial charge in [-0.15, -0.1) is 12.6 Å². The number of benzene rings is 3. The zero-order chi connectivity index (χ0) is 34.3. The zero-order valence-electron chi connectivity index (χ0n) is 24.4. The fourth-order valence-electron chi connectivity index (χ4n) is 3.89. The highest BCUT2D eigenvalue weighted by molar-refractivity contribution is 7.87. The second kappa shape index (κ2) is 12.2. The van der Waals surface area contributed by atoms with Crippen molar-refractivity contribution in [2.75, 3.05) is 0 Å². The van der Waals surface area contributed by atoms with Gasteiger partial charge in [-0.25, -0.2) is 0 Å². The Morgan fingerprint density at radius 3 is 1.32 bits per heavy atom. The van der Waals surface area contributed by atoms with Gasteiger partial charge >= 0.3 is 33.4 Å². The summed E-state index contributed by atoms with van der Waals surface area (Å²) in [6, 6.07) is 24.2. The fourth-order valence-corrected chi connectivity index (χ4v) is 4.68. The first kappa shape index (κ1) is 37.5. The molecule has 0 aliphatic heterocycles. The fraction of sp³-hybridized carbons (Fsp3) is 0.400. The van der Waals surface area contributed by atoms with Crippen molar-refractivity contribution in [3.63, 3.8) is 0 Å². The highest BCUT2D eigenvalue weighted by Crippen LogP contribution is 2.54. The van der Waals surface area contributed by atoms with Gasteiger partial charge in [-0.05, 0) is 44.7 Å². The van der Waals surface area contributed by atoms with Crippen LogP contribution in [0.2, 0.25) is 0 Å². The summed E-state index contributed by atoms with van der Waals surface area (Å²) in [7, 11) is -7.17. The van der Waals surface area contributed by atoms with Gasteiger partial charge in [0.1, 0.15) is 0 Å². The first-order chi connectivity index (χ1) is 19.6. The second-order valence-electron chi connectivity index (χ2n) is 12.0. The highest BCUT2D eigenvalue weighted by Gasteiger charge is 2.85. The third-order valence-corrected chi connectivity index (χ3v) is 7.86. The van der Waals surface area contributed by atoms with E-state index in [0.29, 0.717) is 0 Å². The van der Waals surface area contributed by atoms with Crippen LogP contribution in [0.15, 0.2) is 71.6 Å². The molecule has 0 aliphatic carbocycles. The molecule has 0 radical (unpaired) electrons. The molecule has 14 heteroatoms. The van der Waals surface area contributed by atoms with Crippen LogP contribution in [0.5, 0.6) is 0 Å². The van der Waals surface area contributed by atoms with Gasteiger partial charge in [0.05, 0.1) is 0 Å². The quantitative estimate of drug-likeness (QED) is 0.161. The van der Waals surface area contributed by atoms with E-state index in [2.05, 4.69) is 108 Å². The van der Waals surface area contributed by atoms with Crippen molar-refractivity contribution in [2.24, 2.45) is 0 Å². The molecule has 0 aromatic heterocycles. The maximum Gasteiger partial charge on any atom is 0.460 e. The van der Waals surface area contributed by atoms with Gasteiger partial charge in [-0.1, -0.05) is 102 Å². The Labute approximate surface area is 255 Å². The molecule has 3 nitrogen and oxygen atoms in total. The molecule has 3 aromatic carbocycles. The molecular formula is C30H31F9O3S2. The summed E-state index contributed by atoms with van der Waals surface area (Å²) in [5, 5.41) is -7.00. The van der Waals surface area contributed by atoms with Crippen molar-refractivity contribution in [3.8, 4) is 22.3 Å². The molecule has 0 saturated heterocycles. The Morgan fingerprint density at radius 1 is 0.591 bits per heavy atom. The molecule has 44 heavy (non-hydrogen) atoms. The van der Waals surface area contributed by atoms with E-state index in [0.717, 1.165) is 4.90 Å². The number of halogens is 9. The van der Waals surface area contributed by atoms with Crippen LogP contribution in [0.3, 0.4) is 0 Å². The summed E-state index contributed by atoms with van der Waals surface area (Å²) in [6.45, 7) is 13.5. The van der Waals surface area contributed by atoms with Crippen LogP contribution in [0, 0.1) is 0 Å². The molecule has 0 unspecified atom stereocenters. The Balaban J connectivity index is 0.000000345. The second-order valence-corrected chi connectivity index (χ2v) is 13.9. The van der Waals surface area contributed by atoms with Crippen molar-refractivity contribution in [3.05, 3.63) is 77.9 Å². The topological polar surface area (TPSA) is 54.4 Å². The van der Waals surface area contributed by atoms with E-state index < -0.39 is 33.4 Å². The van der Waals surface area contributed by atoms with E-state index in [-0.39, 0.29) is 10.8 Å². The summed E-state index contributed by atoms with van der Waals surface area (Å²) in [5.41, 5.74) is 7.89. The summed E-state index contributed by atoms with van der Waals surface area (Å²) in [4.78, 5) is 1.01. The first-order valence-electron chi connectivity index (χ1n) is 12.8. The SMILES string of the molecule is CC(C)(C)c1ccc(-c2cccc(S)c2-c2ccc(C(C)(C)C)cc2)cc1.O=S(=O)(O)C(F)(F)C(F)(F)C(F)(F)C(F)(F)F. The van der Waals surface area contributed by atoms with E-state index in [4.69, 9.17) is 17.2 Å². The Morgan fingerprint density at radius 2 is 0.977 bits per heavy atom. The molecule has 3 rings (SSSR count). The average Bonchev–Trinajstić information content (AvgIpc) is 2.86. The standard InChI is InChI=1S/C26H30S.C4HF9O3S/c1-25(2,3)20-14-10-18(11-15-20)22-8-7-9-23(27)24(22)19-12-16-21(17-13-19)26(4,5)6;5-1(6,3(9,10)11)2(7,8)4(12,13)17(14,15)16/h7-17,27H,1-6H3;(H,14,15,16). The maximum absolute atomic E-state index is 12.2. The van der Waals surface area contributed by atoms with Crippen LogP contribution >= 0.6 is 12.6 Å². The van der Waals surface area contributed by atoms with Crippen molar-refractivity contribution >= 4 is 22.7 Å². The molecule has 0 heterocycles. The van der Waals surface area contributed by atoms with Crippen LogP contribution in [-0.2, 0) is 20.9 Å². The molecule has 0 spiro atoms. The molecule has 0 fully saturated rings. The lowest BCUT2D eigenvalue weighted by Crippen LogP contribution is -2.63. The van der Waals surface area contributed by atoms with Gasteiger partial charge in [0.15, 0.2) is 0 Å². The third-order valence-electron chi connectivity index (χ3n) is 6.58. The number of hydrogen-bond acceptors (Lipinski definition) is 3. The first-order valence-corrected chi connectivity index (χ1v) is 14.7. The minimum Gasteiger partial charge on any atom is -0.281 e. The monoisotopic (exact) mass is 674 g/mol. The summed E-state index contributed by atoms with van der Waals surface area (Å²) < 4.78 is 134. The predicted molar refractivity (Wildman–Crippen MR) is 154 cm³/mol. The number of thiol groups is 1. The van der Waals surface area contributed by atoms with Crippen molar-refractivity contribution in [2.45, 2.75) is 80.5 Å². The van der Waals surface area contributed by atoms with Crippen LogP contribution in [0.25, 0.3) is 22.3 Å². The van der Waals surface area contributed by atoms with Crippen molar-refractivity contribution in [1.82, 2.24) is 0 Å². The molecule has 3 aromatic rings. The normalized spacial score (nSPS) is 13.8. The van der Waals surface area contributed by atoms with E-state index in [1.54, 1.807) is 0 Å². The van der Waals surface area contributed by atoms with Crippen LogP contribution in [0.1, 0.15) is 52.7 Å². The van der Waals surface area contributed by atoms with Gasteiger partial charge in [0.25, 0.3) is 0 Å². The smallest absolute Gasteiger partial charge is 0.281 e. The molecule has 0 aliphatic rings. The minimum atomic E-state index is -7.37. The zero-order valence-corrected chi connectivity index (χ0v) is 26.1. The Hall–Kier alpha value is -2.71. The predicted octanol–water partition coefficient (Wildman–Crippen LogP) is 10.2. The Kier molecular flexibility index (Phi) is 10.4. The van der Waals surface area contributed by atoms with Gasteiger partial charge in [0.2, 0.25) is 0 Å². The molecule has 244 valence electrons. The molecule has 0 bridgehead atoms. The van der Waals surface area contributed by atoms with Gasteiger partial charge in [-0.2, -0.15) is 47.9 Å². The number of rotatable bonds is 5. The summed E-state index contributed by atoms with van der Waals surface area (Å²) >= 11 is 4.78. The lowest BCUT2D eigenvalue weighted by Gasteiger charge is -2.31. The number of alkyl halides is 9. The molecule has 0 atom stereocenters. The van der Waals surface area contributed by atoms with E-state index in [1.165, 1.54) is 33.4 Å². The van der Waals surface area contributed by atoms with E-state index in [1.807, 2.05) is 0 Å².